The predicted octanol–water partition coefficient (Wildman–Crippen LogP) is 5.81. The topological polar surface area (TPSA) is 86.8 Å². The Hall–Kier alpha value is -2.72. The van der Waals surface area contributed by atoms with Crippen molar-refractivity contribution in [3.63, 3.8) is 0 Å². The predicted molar refractivity (Wildman–Crippen MR) is 165 cm³/mol. The average molecular weight is 661 g/mol. The fourth-order valence-corrected chi connectivity index (χ4v) is 6.55. The number of halogens is 2. The second-order valence-corrected chi connectivity index (χ2v) is 13.8. The van der Waals surface area contributed by atoms with E-state index < -0.39 is 28.5 Å². The highest BCUT2D eigenvalue weighted by molar-refractivity contribution is 9.10. The number of carbonyl (C=O) groups excluding carboxylic acids is 2. The van der Waals surface area contributed by atoms with Crippen LogP contribution in [0.3, 0.4) is 0 Å². The summed E-state index contributed by atoms with van der Waals surface area (Å²) in [7, 11) is -2.60. The summed E-state index contributed by atoms with van der Waals surface area (Å²) in [6.07, 6.45) is 5.39. The number of hydrogen-bond acceptors (Lipinski definition) is 4. The molecule has 2 amide bonds. The zero-order valence-corrected chi connectivity index (χ0v) is 26.2. The summed E-state index contributed by atoms with van der Waals surface area (Å²) in [4.78, 5) is 29.4. The van der Waals surface area contributed by atoms with Gasteiger partial charge in [-0.25, -0.2) is 8.42 Å². The molecule has 0 saturated heterocycles. The van der Waals surface area contributed by atoms with E-state index in [2.05, 4.69) is 21.2 Å². The van der Waals surface area contributed by atoms with E-state index in [0.29, 0.717) is 11.4 Å². The van der Waals surface area contributed by atoms with E-state index in [1.807, 2.05) is 54.6 Å². The van der Waals surface area contributed by atoms with E-state index in [4.69, 9.17) is 11.6 Å². The molecule has 4 rings (SSSR count). The molecule has 1 atom stereocenters. The number of sulfonamides is 1. The second kappa shape index (κ2) is 14.4. The number of nitrogens with zero attached hydrogens (tertiary/aromatic N) is 2. The average Bonchev–Trinajstić information content (AvgIpc) is 2.97. The van der Waals surface area contributed by atoms with Gasteiger partial charge in [0.05, 0.1) is 11.4 Å². The summed E-state index contributed by atoms with van der Waals surface area (Å²) in [5.41, 5.74) is 1.74. The van der Waals surface area contributed by atoms with Crippen molar-refractivity contribution < 1.29 is 18.0 Å². The van der Waals surface area contributed by atoms with Crippen LogP contribution in [0.4, 0.5) is 0 Å². The van der Waals surface area contributed by atoms with Crippen LogP contribution < -0.4 is 5.32 Å². The molecule has 0 radical (unpaired) electrons. The van der Waals surface area contributed by atoms with Gasteiger partial charge >= 0.3 is 0 Å². The number of carbonyl (C=O) groups is 2. The van der Waals surface area contributed by atoms with Crippen LogP contribution in [-0.2, 0) is 32.6 Å². The Balaban J connectivity index is 1.65. The maximum atomic E-state index is 14.0. The van der Waals surface area contributed by atoms with Crippen molar-refractivity contribution in [2.45, 2.75) is 62.0 Å². The quantitative estimate of drug-likeness (QED) is 0.281. The van der Waals surface area contributed by atoms with E-state index in [-0.39, 0.29) is 23.4 Å². The van der Waals surface area contributed by atoms with Crippen LogP contribution in [0, 0.1) is 0 Å². The number of nitrogens with one attached hydrogen (secondary N) is 1. The molecule has 1 saturated carbocycles. The maximum Gasteiger partial charge on any atom is 0.243 e. The first kappa shape index (κ1) is 31.2. The highest BCUT2D eigenvalue weighted by atomic mass is 79.9. The van der Waals surface area contributed by atoms with Crippen LogP contribution in [0.25, 0.3) is 0 Å². The lowest BCUT2D eigenvalue weighted by atomic mass is 9.94. The van der Waals surface area contributed by atoms with Crippen LogP contribution in [0.2, 0.25) is 5.02 Å². The molecule has 0 unspecified atom stereocenters. The Morgan fingerprint density at radius 2 is 1.56 bits per heavy atom. The van der Waals surface area contributed by atoms with Crippen LogP contribution in [0.15, 0.2) is 88.2 Å². The Labute approximate surface area is 256 Å². The third-order valence-electron chi connectivity index (χ3n) is 7.37. The number of amides is 2. The fraction of sp³-hybridized carbons (Fsp3) is 0.355. The highest BCUT2D eigenvalue weighted by Crippen LogP contribution is 2.22. The lowest BCUT2D eigenvalue weighted by molar-refractivity contribution is -0.141. The number of rotatable bonds is 11. The molecule has 0 aliphatic heterocycles. The molecule has 0 aromatic heterocycles. The number of hydrogen-bond donors (Lipinski definition) is 1. The van der Waals surface area contributed by atoms with Gasteiger partial charge in [-0.3, -0.25) is 9.59 Å². The van der Waals surface area contributed by atoms with Crippen LogP contribution in [-0.4, -0.2) is 55.1 Å². The molecule has 41 heavy (non-hydrogen) atoms. The third kappa shape index (κ3) is 8.64. The van der Waals surface area contributed by atoms with Gasteiger partial charge in [0, 0.05) is 35.6 Å². The lowest BCUT2D eigenvalue weighted by Crippen LogP contribution is -2.54. The van der Waals surface area contributed by atoms with E-state index >= 15 is 0 Å². The largest absolute Gasteiger partial charge is 0.352 e. The lowest BCUT2D eigenvalue weighted by Gasteiger charge is -2.34. The Morgan fingerprint density at radius 3 is 2.20 bits per heavy atom. The van der Waals surface area contributed by atoms with Crippen LogP contribution in [0.5, 0.6) is 0 Å². The van der Waals surface area contributed by atoms with Gasteiger partial charge in [-0.2, -0.15) is 4.31 Å². The molecule has 0 spiro atoms. The minimum atomic E-state index is -3.97. The van der Waals surface area contributed by atoms with E-state index in [0.717, 1.165) is 52.0 Å². The molecule has 1 fully saturated rings. The van der Waals surface area contributed by atoms with Crippen molar-refractivity contribution in [2.75, 3.05) is 13.6 Å². The summed E-state index contributed by atoms with van der Waals surface area (Å²) in [6.45, 7) is -0.278. The SMILES string of the molecule is CN(CC(=O)N(Cc1ccc(Br)cc1)[C@@H](Cc1ccccc1)C(=O)NC1CCCCC1)S(=O)(=O)c1ccc(Cl)cc1. The smallest absolute Gasteiger partial charge is 0.243 e. The first-order chi connectivity index (χ1) is 19.6. The molecule has 1 aliphatic carbocycles. The molecule has 218 valence electrons. The maximum absolute atomic E-state index is 14.0. The molecule has 1 N–H and O–H groups in total. The first-order valence-corrected chi connectivity index (χ1v) is 16.3. The molecule has 3 aromatic rings. The fourth-order valence-electron chi connectivity index (χ4n) is 5.04. The van der Waals surface area contributed by atoms with Crippen molar-refractivity contribution in [3.05, 3.63) is 99.5 Å². The van der Waals surface area contributed by atoms with Gasteiger partial charge in [0.1, 0.15) is 6.04 Å². The van der Waals surface area contributed by atoms with Crippen molar-refractivity contribution in [1.82, 2.24) is 14.5 Å². The minimum absolute atomic E-state index is 0.0348. The standard InChI is InChI=1S/C31H35BrClN3O4S/c1-35(41(39,40)28-18-16-26(33)17-19-28)22-30(37)36(21-24-12-14-25(32)15-13-24)29(20-23-8-4-2-5-9-23)31(38)34-27-10-6-3-7-11-27/h2,4-5,8-9,12-19,27,29H,3,6-7,10-11,20-22H2,1H3,(H,34,38)/t29-/m0/s1. The van der Waals surface area contributed by atoms with Crippen molar-refractivity contribution in [3.8, 4) is 0 Å². The summed E-state index contributed by atoms with van der Waals surface area (Å²) in [5, 5.41) is 3.61. The second-order valence-electron chi connectivity index (χ2n) is 10.4. The normalized spacial score (nSPS) is 14.9. The van der Waals surface area contributed by atoms with Gasteiger partial charge in [0.25, 0.3) is 0 Å². The zero-order chi connectivity index (χ0) is 29.4. The molecular weight excluding hydrogens is 626 g/mol. The van der Waals surface area contributed by atoms with Gasteiger partial charge in [0.15, 0.2) is 0 Å². The minimum Gasteiger partial charge on any atom is -0.352 e. The van der Waals surface area contributed by atoms with Crippen molar-refractivity contribution in [2.24, 2.45) is 0 Å². The summed E-state index contributed by atoms with van der Waals surface area (Å²) in [5.74, 6) is -0.692. The summed E-state index contributed by atoms with van der Waals surface area (Å²) in [6, 6.07) is 22.1. The zero-order valence-electron chi connectivity index (χ0n) is 23.0. The monoisotopic (exact) mass is 659 g/mol. The number of benzene rings is 3. The molecule has 3 aromatic carbocycles. The molecule has 7 nitrogen and oxygen atoms in total. The molecule has 1 aliphatic rings. The molecule has 0 heterocycles. The van der Waals surface area contributed by atoms with Crippen LogP contribution >= 0.6 is 27.5 Å². The number of likely N-dealkylation sites (N-methyl/N-ethyl adjacent to an activating group) is 1. The Morgan fingerprint density at radius 1 is 0.927 bits per heavy atom. The Bertz CT molecular complexity index is 1410. The van der Waals surface area contributed by atoms with Gasteiger partial charge in [-0.05, 0) is 60.4 Å². The molecule has 10 heteroatoms. The van der Waals surface area contributed by atoms with Gasteiger partial charge < -0.3 is 10.2 Å². The summed E-state index contributed by atoms with van der Waals surface area (Å²) < 4.78 is 28.5. The molecule has 0 bridgehead atoms. The molecular formula is C31H35BrClN3O4S. The third-order valence-corrected chi connectivity index (χ3v) is 9.97. The van der Waals surface area contributed by atoms with Crippen molar-refractivity contribution in [1.29, 1.82) is 0 Å². The van der Waals surface area contributed by atoms with E-state index in [9.17, 15) is 18.0 Å². The van der Waals surface area contributed by atoms with Gasteiger partial charge in [-0.1, -0.05) is 89.3 Å². The first-order valence-electron chi connectivity index (χ1n) is 13.7. The van der Waals surface area contributed by atoms with Gasteiger partial charge in [-0.15, -0.1) is 0 Å². The van der Waals surface area contributed by atoms with Gasteiger partial charge in [0.2, 0.25) is 21.8 Å². The highest BCUT2D eigenvalue weighted by Gasteiger charge is 2.34. The Kier molecular flexibility index (Phi) is 11.0. The van der Waals surface area contributed by atoms with E-state index in [1.54, 1.807) is 0 Å². The summed E-state index contributed by atoms with van der Waals surface area (Å²) >= 11 is 9.39. The van der Waals surface area contributed by atoms with E-state index in [1.165, 1.54) is 36.2 Å². The van der Waals surface area contributed by atoms with Crippen molar-refractivity contribution >= 4 is 49.4 Å². The van der Waals surface area contributed by atoms with Crippen LogP contribution in [0.1, 0.15) is 43.2 Å².